The third-order valence-electron chi connectivity index (χ3n) is 3.41. The van der Waals surface area contributed by atoms with Crippen LogP contribution in [0.1, 0.15) is 12.0 Å². The van der Waals surface area contributed by atoms with Crippen LogP contribution < -0.4 is 10.6 Å². The molecule has 0 aliphatic carbocycles. The first-order chi connectivity index (χ1) is 10.1. The van der Waals surface area contributed by atoms with Gasteiger partial charge in [-0.15, -0.1) is 0 Å². The van der Waals surface area contributed by atoms with E-state index in [0.29, 0.717) is 12.1 Å². The summed E-state index contributed by atoms with van der Waals surface area (Å²) < 4.78 is 48.3. The van der Waals surface area contributed by atoms with Crippen molar-refractivity contribution in [1.82, 2.24) is 5.32 Å². The number of carbonyl (C=O) groups excluding carboxylic acids is 1. The number of anilines is 1. The molecule has 0 bridgehead atoms. The summed E-state index contributed by atoms with van der Waals surface area (Å²) in [4.78, 5) is 11.9. The van der Waals surface area contributed by atoms with Crippen molar-refractivity contribution < 1.29 is 22.0 Å². The van der Waals surface area contributed by atoms with Crippen molar-refractivity contribution in [2.24, 2.45) is 0 Å². The molecule has 0 saturated carbocycles. The van der Waals surface area contributed by atoms with Crippen molar-refractivity contribution in [3.05, 3.63) is 29.8 Å². The van der Waals surface area contributed by atoms with E-state index in [2.05, 4.69) is 10.6 Å². The minimum absolute atomic E-state index is 0.0553. The highest BCUT2D eigenvalue weighted by molar-refractivity contribution is 7.90. The van der Waals surface area contributed by atoms with Crippen LogP contribution >= 0.6 is 0 Å². The lowest BCUT2D eigenvalue weighted by Crippen LogP contribution is -2.35. The van der Waals surface area contributed by atoms with Gasteiger partial charge in [-0.05, 0) is 24.1 Å². The van der Waals surface area contributed by atoms with Gasteiger partial charge in [0.2, 0.25) is 5.91 Å². The Bertz CT molecular complexity index is 645. The van der Waals surface area contributed by atoms with E-state index >= 15 is 0 Å². The van der Waals surface area contributed by atoms with E-state index in [9.17, 15) is 22.0 Å². The number of hydrogen-bond donors (Lipinski definition) is 2. The number of halogens is 2. The molecule has 0 aromatic heterocycles. The predicted octanol–water partition coefficient (Wildman–Crippen LogP) is 1.21. The van der Waals surface area contributed by atoms with Crippen LogP contribution in [0, 0.1) is 0 Å². The van der Waals surface area contributed by atoms with E-state index in [-0.39, 0.29) is 5.75 Å². The van der Waals surface area contributed by atoms with Crippen LogP contribution in [-0.2, 0) is 21.1 Å². The molecule has 1 saturated heterocycles. The summed E-state index contributed by atoms with van der Waals surface area (Å²) >= 11 is 0. The fourth-order valence-electron chi connectivity index (χ4n) is 2.19. The lowest BCUT2D eigenvalue weighted by Gasteiger charge is -2.11. The van der Waals surface area contributed by atoms with Gasteiger partial charge in [-0.3, -0.25) is 10.1 Å². The highest BCUT2D eigenvalue weighted by atomic mass is 32.2. The monoisotopic (exact) mass is 332 g/mol. The Morgan fingerprint density at radius 3 is 2.50 bits per heavy atom. The van der Waals surface area contributed by atoms with Gasteiger partial charge < -0.3 is 5.32 Å². The normalized spacial score (nSPS) is 20.8. The number of rotatable bonds is 5. The molecule has 1 amide bonds. The lowest BCUT2D eigenvalue weighted by atomic mass is 10.1. The smallest absolute Gasteiger partial charge is 0.262 e. The first kappa shape index (κ1) is 16.8. The van der Waals surface area contributed by atoms with Gasteiger partial charge in [0, 0.05) is 18.4 Å². The zero-order chi connectivity index (χ0) is 16.4. The fraction of sp³-hybridized carbons (Fsp3) is 0.500. The quantitative estimate of drug-likeness (QED) is 0.850. The van der Waals surface area contributed by atoms with Crippen molar-refractivity contribution in [3.63, 3.8) is 0 Å². The summed E-state index contributed by atoms with van der Waals surface area (Å²) in [6.07, 6.45) is 1.06. The summed E-state index contributed by atoms with van der Waals surface area (Å²) in [5.41, 5.74) is 1.32. The first-order valence-electron chi connectivity index (χ1n) is 6.83. The molecule has 1 aliphatic heterocycles. The van der Waals surface area contributed by atoms with E-state index in [4.69, 9.17) is 0 Å². The van der Waals surface area contributed by atoms with Gasteiger partial charge in [-0.2, -0.15) is 0 Å². The number of nitrogens with one attached hydrogen (secondary N) is 2. The van der Waals surface area contributed by atoms with Crippen LogP contribution in [0.2, 0.25) is 0 Å². The molecule has 1 aromatic rings. The zero-order valence-corrected chi connectivity index (χ0v) is 12.9. The Kier molecular flexibility index (Phi) is 4.81. The van der Waals surface area contributed by atoms with E-state index < -0.39 is 40.7 Å². The van der Waals surface area contributed by atoms with E-state index in [1.165, 1.54) is 6.26 Å². The van der Waals surface area contributed by atoms with E-state index in [1.807, 2.05) is 0 Å². The minimum atomic E-state index is -3.02. The predicted molar refractivity (Wildman–Crippen MR) is 79.8 cm³/mol. The number of aryl methyl sites for hydroxylation is 1. The third-order valence-corrected chi connectivity index (χ3v) is 4.36. The standard InChI is InChI=1S/C14H18F2N2O3S/c1-22(20,21)7-6-10-2-4-11(5-3-10)18-13(19)12-8-14(15,16)9-17-12/h2-5,12,17H,6-9H2,1H3,(H,18,19). The van der Waals surface area contributed by atoms with Crippen molar-refractivity contribution in [3.8, 4) is 0 Å². The Labute approximate surface area is 128 Å². The molecule has 1 aromatic carbocycles. The minimum Gasteiger partial charge on any atom is -0.325 e. The molecule has 1 heterocycles. The maximum Gasteiger partial charge on any atom is 0.262 e. The summed E-state index contributed by atoms with van der Waals surface area (Å²) in [5.74, 6) is -3.29. The molecule has 1 atom stereocenters. The van der Waals surface area contributed by atoms with Crippen LogP contribution in [0.25, 0.3) is 0 Å². The number of hydrogen-bond acceptors (Lipinski definition) is 4. The summed E-state index contributed by atoms with van der Waals surface area (Å²) in [6, 6.07) is 5.76. The van der Waals surface area contributed by atoms with Gasteiger partial charge in [0.15, 0.2) is 0 Å². The van der Waals surface area contributed by atoms with Crippen LogP contribution in [-0.4, -0.2) is 44.8 Å². The van der Waals surface area contributed by atoms with Gasteiger partial charge in [0.1, 0.15) is 9.84 Å². The Morgan fingerprint density at radius 1 is 1.36 bits per heavy atom. The summed E-state index contributed by atoms with van der Waals surface area (Å²) in [5, 5.41) is 5.05. The molecule has 2 rings (SSSR count). The second-order valence-electron chi connectivity index (χ2n) is 5.56. The molecule has 22 heavy (non-hydrogen) atoms. The Hall–Kier alpha value is -1.54. The molecular weight excluding hydrogens is 314 g/mol. The first-order valence-corrected chi connectivity index (χ1v) is 8.89. The van der Waals surface area contributed by atoms with Crippen LogP contribution in [0.15, 0.2) is 24.3 Å². The second kappa shape index (κ2) is 6.29. The summed E-state index contributed by atoms with van der Waals surface area (Å²) in [7, 11) is -3.02. The topological polar surface area (TPSA) is 75.3 Å². The van der Waals surface area contributed by atoms with Crippen molar-refractivity contribution in [1.29, 1.82) is 0 Å². The second-order valence-corrected chi connectivity index (χ2v) is 7.82. The fourth-order valence-corrected chi connectivity index (χ4v) is 2.79. The molecule has 122 valence electrons. The van der Waals surface area contributed by atoms with Crippen LogP contribution in [0.5, 0.6) is 0 Å². The molecule has 1 aliphatic rings. The maximum atomic E-state index is 13.0. The molecule has 0 spiro atoms. The average Bonchev–Trinajstić information content (AvgIpc) is 2.77. The average molecular weight is 332 g/mol. The van der Waals surface area contributed by atoms with E-state index in [0.717, 1.165) is 5.56 Å². The number of sulfone groups is 1. The van der Waals surface area contributed by atoms with Crippen molar-refractivity contribution >= 4 is 21.4 Å². The van der Waals surface area contributed by atoms with Gasteiger partial charge in [0.05, 0.1) is 18.3 Å². The molecular formula is C14H18F2N2O3S. The molecule has 1 unspecified atom stereocenters. The number of carbonyl (C=O) groups is 1. The van der Waals surface area contributed by atoms with Crippen LogP contribution in [0.4, 0.5) is 14.5 Å². The molecule has 2 N–H and O–H groups in total. The lowest BCUT2D eigenvalue weighted by molar-refractivity contribution is -0.118. The molecule has 1 fully saturated rings. The molecule has 5 nitrogen and oxygen atoms in total. The van der Waals surface area contributed by atoms with Crippen LogP contribution in [0.3, 0.4) is 0 Å². The van der Waals surface area contributed by atoms with E-state index in [1.54, 1.807) is 24.3 Å². The number of amides is 1. The summed E-state index contributed by atoms with van der Waals surface area (Å²) in [6.45, 7) is -0.491. The highest BCUT2D eigenvalue weighted by Crippen LogP contribution is 2.25. The number of alkyl halides is 2. The van der Waals surface area contributed by atoms with Gasteiger partial charge >= 0.3 is 0 Å². The van der Waals surface area contributed by atoms with Crippen molar-refractivity contribution in [2.45, 2.75) is 24.8 Å². The molecule has 8 heteroatoms. The SMILES string of the molecule is CS(=O)(=O)CCc1ccc(NC(=O)C2CC(F)(F)CN2)cc1. The van der Waals surface area contributed by atoms with Gasteiger partial charge in [-0.25, -0.2) is 17.2 Å². The third kappa shape index (κ3) is 5.03. The maximum absolute atomic E-state index is 13.0. The zero-order valence-electron chi connectivity index (χ0n) is 12.1. The van der Waals surface area contributed by atoms with Crippen molar-refractivity contribution in [2.75, 3.05) is 23.9 Å². The highest BCUT2D eigenvalue weighted by Gasteiger charge is 2.42. The number of benzene rings is 1. The Morgan fingerprint density at radius 2 is 2.00 bits per heavy atom. The van der Waals surface area contributed by atoms with Gasteiger partial charge in [0.25, 0.3) is 5.92 Å². The largest absolute Gasteiger partial charge is 0.325 e. The van der Waals surface area contributed by atoms with Gasteiger partial charge in [-0.1, -0.05) is 12.1 Å². The molecule has 0 radical (unpaired) electrons. The Balaban J connectivity index is 1.90.